The Morgan fingerprint density at radius 2 is 1.94 bits per heavy atom. The number of rotatable bonds is 4. The summed E-state index contributed by atoms with van der Waals surface area (Å²) in [5.74, 6) is -0.468. The fourth-order valence-electron chi connectivity index (χ4n) is 2.62. The highest BCUT2D eigenvalue weighted by atomic mass is 16.2. The molecule has 0 aromatic carbocycles. The summed E-state index contributed by atoms with van der Waals surface area (Å²) in [6, 6.07) is 0. The largest absolute Gasteiger partial charge is 0.302 e. The Morgan fingerprint density at radius 3 is 2.41 bits per heavy atom. The van der Waals surface area contributed by atoms with Crippen molar-refractivity contribution < 1.29 is 9.59 Å². The summed E-state index contributed by atoms with van der Waals surface area (Å²) in [6.07, 6.45) is 0. The van der Waals surface area contributed by atoms with Gasteiger partial charge in [-0.25, -0.2) is 0 Å². The molecule has 0 unspecified atom stereocenters. The van der Waals surface area contributed by atoms with Gasteiger partial charge in [-0.3, -0.25) is 14.5 Å². The second-order valence-corrected chi connectivity index (χ2v) is 4.35. The smallest absolute Gasteiger partial charge is 0.234 e. The van der Waals surface area contributed by atoms with Gasteiger partial charge in [0.1, 0.15) is 0 Å². The van der Waals surface area contributed by atoms with Gasteiger partial charge in [-0.1, -0.05) is 5.11 Å². The van der Waals surface area contributed by atoms with E-state index >= 15 is 0 Å². The quantitative estimate of drug-likeness (QED) is 0.303. The minimum atomic E-state index is -0.187. The lowest BCUT2D eigenvalue weighted by atomic mass is 10.00. The fraction of sp³-hybridized carbons (Fsp3) is 0.800. The zero-order valence-electron chi connectivity index (χ0n) is 9.74. The summed E-state index contributed by atoms with van der Waals surface area (Å²) < 4.78 is 0. The van der Waals surface area contributed by atoms with Crippen molar-refractivity contribution in [1.29, 1.82) is 0 Å². The normalized spacial score (nSPS) is 28.4. The molecule has 2 saturated heterocycles. The highest BCUT2D eigenvalue weighted by Gasteiger charge is 2.51. The lowest BCUT2D eigenvalue weighted by Crippen LogP contribution is -2.36. The van der Waals surface area contributed by atoms with Crippen molar-refractivity contribution in [2.45, 2.75) is 6.92 Å². The van der Waals surface area contributed by atoms with Crippen molar-refractivity contribution >= 4 is 11.8 Å². The number of likely N-dealkylation sites (tertiary alicyclic amines) is 2. The fourth-order valence-corrected chi connectivity index (χ4v) is 2.62. The van der Waals surface area contributed by atoms with Crippen molar-refractivity contribution in [3.05, 3.63) is 10.4 Å². The molecule has 2 rings (SSSR count). The third-order valence-electron chi connectivity index (χ3n) is 3.46. The highest BCUT2D eigenvalue weighted by molar-refractivity contribution is 6.05. The van der Waals surface area contributed by atoms with Crippen LogP contribution in [-0.4, -0.2) is 54.3 Å². The molecule has 0 radical (unpaired) electrons. The molecule has 2 aliphatic rings. The molecule has 0 aliphatic carbocycles. The van der Waals surface area contributed by atoms with Crippen molar-refractivity contribution in [2.75, 3.05) is 32.7 Å². The van der Waals surface area contributed by atoms with Crippen LogP contribution in [0.2, 0.25) is 0 Å². The molecule has 92 valence electrons. The van der Waals surface area contributed by atoms with Gasteiger partial charge in [0.05, 0.1) is 11.8 Å². The minimum absolute atomic E-state index is 0.0474. The Hall–Kier alpha value is -1.59. The van der Waals surface area contributed by atoms with Crippen molar-refractivity contribution in [3.8, 4) is 0 Å². The molecular formula is C10H15N5O2. The van der Waals surface area contributed by atoms with Crippen LogP contribution in [0.4, 0.5) is 0 Å². The third-order valence-corrected chi connectivity index (χ3v) is 3.46. The van der Waals surface area contributed by atoms with Crippen LogP contribution in [0.25, 0.3) is 10.4 Å². The number of carbonyl (C=O) groups excluding carboxylic acids is 2. The average molecular weight is 237 g/mol. The van der Waals surface area contributed by atoms with Crippen LogP contribution < -0.4 is 0 Å². The number of imide groups is 1. The van der Waals surface area contributed by atoms with Crippen LogP contribution in [-0.2, 0) is 9.59 Å². The summed E-state index contributed by atoms with van der Waals surface area (Å²) in [5, 5.41) is 3.46. The summed E-state index contributed by atoms with van der Waals surface area (Å²) in [4.78, 5) is 29.8. The Kier molecular flexibility index (Phi) is 3.31. The van der Waals surface area contributed by atoms with Crippen LogP contribution in [0.5, 0.6) is 0 Å². The Bertz CT molecular complexity index is 366. The molecule has 0 saturated carbocycles. The Balaban J connectivity index is 1.97. The first kappa shape index (κ1) is 11.9. The molecule has 0 aromatic heterocycles. The minimum Gasteiger partial charge on any atom is -0.302 e. The zero-order valence-corrected chi connectivity index (χ0v) is 9.74. The average Bonchev–Trinajstić information content (AvgIpc) is 2.81. The van der Waals surface area contributed by atoms with Gasteiger partial charge in [0.2, 0.25) is 11.8 Å². The maximum Gasteiger partial charge on any atom is 0.234 e. The number of hydrogen-bond donors (Lipinski definition) is 0. The molecule has 0 bridgehead atoms. The van der Waals surface area contributed by atoms with E-state index in [1.54, 1.807) is 0 Å². The zero-order chi connectivity index (χ0) is 12.4. The predicted octanol–water partition coefficient (Wildman–Crippen LogP) is 0.233. The molecule has 2 aliphatic heterocycles. The van der Waals surface area contributed by atoms with E-state index in [0.29, 0.717) is 32.7 Å². The highest BCUT2D eigenvalue weighted by Crippen LogP contribution is 2.32. The lowest BCUT2D eigenvalue weighted by molar-refractivity contribution is -0.140. The molecule has 2 heterocycles. The number of nitrogens with zero attached hydrogens (tertiary/aromatic N) is 5. The van der Waals surface area contributed by atoms with Gasteiger partial charge in [0.25, 0.3) is 0 Å². The Morgan fingerprint density at radius 1 is 1.35 bits per heavy atom. The molecule has 0 aromatic rings. The molecule has 7 nitrogen and oxygen atoms in total. The summed E-state index contributed by atoms with van der Waals surface area (Å²) >= 11 is 0. The molecular weight excluding hydrogens is 222 g/mol. The topological polar surface area (TPSA) is 89.4 Å². The predicted molar refractivity (Wildman–Crippen MR) is 59.8 cm³/mol. The van der Waals surface area contributed by atoms with Crippen LogP contribution in [0.3, 0.4) is 0 Å². The van der Waals surface area contributed by atoms with E-state index < -0.39 is 0 Å². The molecule has 2 fully saturated rings. The van der Waals surface area contributed by atoms with Gasteiger partial charge >= 0.3 is 0 Å². The molecule has 2 amide bonds. The summed E-state index contributed by atoms with van der Waals surface area (Å²) in [6.45, 7) is 4.48. The van der Waals surface area contributed by atoms with E-state index in [2.05, 4.69) is 10.0 Å². The number of hydrogen-bond acceptors (Lipinski definition) is 4. The second-order valence-electron chi connectivity index (χ2n) is 4.35. The van der Waals surface area contributed by atoms with Gasteiger partial charge in [-0.15, -0.1) is 0 Å². The number of carbonyl (C=O) groups is 2. The molecule has 7 heteroatoms. The van der Waals surface area contributed by atoms with E-state index in [9.17, 15) is 9.59 Å². The monoisotopic (exact) mass is 237 g/mol. The van der Waals surface area contributed by atoms with Crippen LogP contribution in [0, 0.1) is 11.8 Å². The van der Waals surface area contributed by atoms with Gasteiger partial charge in [0, 0.05) is 37.6 Å². The van der Waals surface area contributed by atoms with Gasteiger partial charge in [-0.05, 0) is 12.5 Å². The first-order chi connectivity index (χ1) is 8.19. The number of azide groups is 1. The third kappa shape index (κ3) is 1.99. The maximum atomic E-state index is 11.9. The van der Waals surface area contributed by atoms with E-state index in [1.165, 1.54) is 4.90 Å². The summed E-state index contributed by atoms with van der Waals surface area (Å²) in [7, 11) is 0. The van der Waals surface area contributed by atoms with E-state index in [1.807, 2.05) is 11.8 Å². The number of amides is 2. The van der Waals surface area contributed by atoms with Gasteiger partial charge in [-0.2, -0.15) is 0 Å². The van der Waals surface area contributed by atoms with Gasteiger partial charge in [0.15, 0.2) is 0 Å². The Labute approximate surface area is 99.0 Å². The van der Waals surface area contributed by atoms with Crippen molar-refractivity contribution in [2.24, 2.45) is 17.0 Å². The summed E-state index contributed by atoms with van der Waals surface area (Å²) in [5.41, 5.74) is 8.18. The van der Waals surface area contributed by atoms with Crippen molar-refractivity contribution in [1.82, 2.24) is 9.80 Å². The molecule has 2 atom stereocenters. The van der Waals surface area contributed by atoms with E-state index in [-0.39, 0.29) is 23.7 Å². The van der Waals surface area contributed by atoms with Crippen LogP contribution >= 0.6 is 0 Å². The van der Waals surface area contributed by atoms with Crippen molar-refractivity contribution in [3.63, 3.8) is 0 Å². The molecule has 0 spiro atoms. The van der Waals surface area contributed by atoms with Crippen LogP contribution in [0.15, 0.2) is 5.11 Å². The first-order valence-electron chi connectivity index (χ1n) is 5.77. The lowest BCUT2D eigenvalue weighted by Gasteiger charge is -2.18. The van der Waals surface area contributed by atoms with E-state index in [0.717, 1.165) is 0 Å². The molecule has 17 heavy (non-hydrogen) atoms. The van der Waals surface area contributed by atoms with Crippen LogP contribution in [0.1, 0.15) is 6.92 Å². The standard InChI is InChI=1S/C10H15N5O2/c1-2-15-9(16)7-5-14(4-3-12-13-11)6-8(7)10(15)17/h7-8H,2-6H2,1H3/t7-,8-/m1/s1. The molecule has 0 N–H and O–H groups in total. The van der Waals surface area contributed by atoms with Gasteiger partial charge < -0.3 is 4.90 Å². The maximum absolute atomic E-state index is 11.9. The SMILES string of the molecule is CCN1C(=O)[C@@H]2CN(CCN=[N+]=[N-])C[C@H]2C1=O. The first-order valence-corrected chi connectivity index (χ1v) is 5.77. The van der Waals surface area contributed by atoms with E-state index in [4.69, 9.17) is 5.53 Å². The second kappa shape index (κ2) is 4.73. The number of fused-ring (bicyclic) bond motifs is 1.